The van der Waals surface area contributed by atoms with Crippen LogP contribution in [0.5, 0.6) is 0 Å². The summed E-state index contributed by atoms with van der Waals surface area (Å²) < 4.78 is 34.9. The number of fused-ring (bicyclic) bond motifs is 1. The van der Waals surface area contributed by atoms with Crippen molar-refractivity contribution in [1.29, 1.82) is 0 Å². The number of benzene rings is 1. The second kappa shape index (κ2) is 16.6. The predicted molar refractivity (Wildman–Crippen MR) is 224 cm³/mol. The molecular weight excluding hydrogens is 758 g/mol. The largest absolute Gasteiger partial charge is 0.444 e. The Kier molecular flexibility index (Phi) is 12.1. The third kappa shape index (κ3) is 9.89. The summed E-state index contributed by atoms with van der Waals surface area (Å²) >= 11 is 0. The van der Waals surface area contributed by atoms with Crippen LogP contribution in [0.4, 0.5) is 15.0 Å². The third-order valence-electron chi connectivity index (χ3n) is 9.90. The number of pyridine rings is 1. The number of nitrogens with zero attached hydrogens (tertiary/aromatic N) is 8. The van der Waals surface area contributed by atoms with Gasteiger partial charge in [0.1, 0.15) is 35.9 Å². The van der Waals surface area contributed by atoms with E-state index in [1.807, 2.05) is 70.5 Å². The van der Waals surface area contributed by atoms with Gasteiger partial charge in [-0.15, -0.1) is 0 Å². The van der Waals surface area contributed by atoms with Gasteiger partial charge in [0.25, 0.3) is 0 Å². The second-order valence-electron chi connectivity index (χ2n) is 18.2. The Hall–Kier alpha value is -5.22. The molecule has 1 aliphatic rings. The van der Waals surface area contributed by atoms with Crippen molar-refractivity contribution in [2.45, 2.75) is 111 Å². The SMILES string of the molecule is C[C@@H](NC(=O)c1nc(C(C)(C)C)no1)c1ccc(-c2ncnc3c2cc(-c2ccc(N4CCN(C(=O)OC(C)(C)C)C[C@@H]4C)nc2)n3COCC[Si](C)(C)C)cc1F. The molecule has 1 N–H and O–H groups in total. The van der Waals surface area contributed by atoms with Crippen LogP contribution in [0.25, 0.3) is 33.5 Å². The maximum absolute atomic E-state index is 15.9. The molecule has 4 aromatic heterocycles. The lowest BCUT2D eigenvalue weighted by molar-refractivity contribution is 0.0218. The number of ether oxygens (including phenoxy) is 2. The zero-order chi connectivity index (χ0) is 42.2. The fourth-order valence-corrected chi connectivity index (χ4v) is 7.43. The highest BCUT2D eigenvalue weighted by Gasteiger charge is 2.31. The van der Waals surface area contributed by atoms with Gasteiger partial charge in [-0.1, -0.05) is 57.7 Å². The van der Waals surface area contributed by atoms with E-state index in [2.05, 4.69) is 56.9 Å². The van der Waals surface area contributed by atoms with Crippen molar-refractivity contribution in [3.05, 3.63) is 72.0 Å². The lowest BCUT2D eigenvalue weighted by Gasteiger charge is -2.40. The summed E-state index contributed by atoms with van der Waals surface area (Å²) in [7, 11) is -1.34. The van der Waals surface area contributed by atoms with E-state index in [9.17, 15) is 9.59 Å². The number of hydrogen-bond donors (Lipinski definition) is 1. The van der Waals surface area contributed by atoms with E-state index in [1.165, 1.54) is 12.4 Å². The van der Waals surface area contributed by atoms with Gasteiger partial charge in [-0.05, 0) is 64.9 Å². The van der Waals surface area contributed by atoms with Crippen molar-refractivity contribution in [3.8, 4) is 22.5 Å². The van der Waals surface area contributed by atoms with E-state index >= 15 is 4.39 Å². The number of rotatable bonds is 11. The van der Waals surface area contributed by atoms with Crippen LogP contribution in [0.3, 0.4) is 0 Å². The average Bonchev–Trinajstić information content (AvgIpc) is 3.79. The molecule has 2 amide bonds. The molecule has 58 heavy (non-hydrogen) atoms. The Balaban J connectivity index is 1.26. The molecule has 1 saturated heterocycles. The summed E-state index contributed by atoms with van der Waals surface area (Å²) in [5.41, 5.74) is 2.76. The first kappa shape index (κ1) is 42.4. The van der Waals surface area contributed by atoms with Crippen LogP contribution in [-0.2, 0) is 21.6 Å². The van der Waals surface area contributed by atoms with Gasteiger partial charge in [0.15, 0.2) is 5.82 Å². The van der Waals surface area contributed by atoms with E-state index in [1.54, 1.807) is 24.0 Å². The van der Waals surface area contributed by atoms with E-state index < -0.39 is 36.9 Å². The van der Waals surface area contributed by atoms with E-state index in [0.717, 1.165) is 28.5 Å². The molecule has 1 aliphatic heterocycles. The van der Waals surface area contributed by atoms with Crippen molar-refractivity contribution in [3.63, 3.8) is 0 Å². The van der Waals surface area contributed by atoms with Crippen LogP contribution in [0, 0.1) is 5.82 Å². The summed E-state index contributed by atoms with van der Waals surface area (Å²) in [4.78, 5) is 48.0. The minimum Gasteiger partial charge on any atom is -0.444 e. The normalized spacial score (nSPS) is 15.8. The molecule has 0 aliphatic carbocycles. The van der Waals surface area contributed by atoms with E-state index in [0.29, 0.717) is 54.5 Å². The molecule has 310 valence electrons. The molecular formula is C42H56FN9O5Si. The number of amides is 2. The first-order valence-corrected chi connectivity index (χ1v) is 23.5. The van der Waals surface area contributed by atoms with Gasteiger partial charge in [-0.3, -0.25) is 4.79 Å². The molecule has 0 unspecified atom stereocenters. The molecule has 0 bridgehead atoms. The second-order valence-corrected chi connectivity index (χ2v) is 23.9. The van der Waals surface area contributed by atoms with Crippen molar-refractivity contribution >= 4 is 36.9 Å². The topological polar surface area (TPSA) is 154 Å². The van der Waals surface area contributed by atoms with Crippen molar-refractivity contribution in [1.82, 2.24) is 39.9 Å². The molecule has 16 heteroatoms. The Bertz CT molecular complexity index is 2260. The highest BCUT2D eigenvalue weighted by atomic mass is 28.3. The van der Waals surface area contributed by atoms with Gasteiger partial charge in [0.05, 0.1) is 17.4 Å². The monoisotopic (exact) mass is 813 g/mol. The summed E-state index contributed by atoms with van der Waals surface area (Å²) in [5.74, 6) is -0.0626. The highest BCUT2D eigenvalue weighted by molar-refractivity contribution is 6.76. The van der Waals surface area contributed by atoms with Crippen LogP contribution < -0.4 is 10.2 Å². The van der Waals surface area contributed by atoms with Gasteiger partial charge in [0, 0.05) is 74.0 Å². The van der Waals surface area contributed by atoms with Crippen molar-refractivity contribution < 1.29 is 28.0 Å². The molecule has 2 atom stereocenters. The molecule has 0 saturated carbocycles. The maximum Gasteiger partial charge on any atom is 0.410 e. The number of carbonyl (C=O) groups excluding carboxylic acids is 2. The minimum absolute atomic E-state index is 0.0293. The fraction of sp³-hybridized carbons (Fsp3) is 0.500. The van der Waals surface area contributed by atoms with Gasteiger partial charge in [-0.2, -0.15) is 4.98 Å². The molecule has 5 aromatic rings. The number of nitrogens with one attached hydrogen (secondary N) is 1. The zero-order valence-corrected chi connectivity index (χ0v) is 36.5. The molecule has 0 radical (unpaired) electrons. The van der Waals surface area contributed by atoms with Crippen LogP contribution in [0.1, 0.15) is 83.5 Å². The smallest absolute Gasteiger partial charge is 0.410 e. The third-order valence-corrected chi connectivity index (χ3v) is 11.6. The van der Waals surface area contributed by atoms with E-state index in [4.69, 9.17) is 19.0 Å². The summed E-state index contributed by atoms with van der Waals surface area (Å²) in [6, 6.07) is 11.2. The lowest BCUT2D eigenvalue weighted by atomic mass is 9.96. The zero-order valence-electron chi connectivity index (χ0n) is 35.5. The van der Waals surface area contributed by atoms with Gasteiger partial charge >= 0.3 is 17.9 Å². The predicted octanol–water partition coefficient (Wildman–Crippen LogP) is 8.23. The first-order valence-electron chi connectivity index (χ1n) is 19.8. The molecule has 0 spiro atoms. The van der Waals surface area contributed by atoms with Gasteiger partial charge in [0.2, 0.25) is 0 Å². The number of carbonyl (C=O) groups is 2. The first-order chi connectivity index (χ1) is 27.2. The summed E-state index contributed by atoms with van der Waals surface area (Å²) in [6.07, 6.45) is 3.01. The molecule has 5 heterocycles. The fourth-order valence-electron chi connectivity index (χ4n) is 6.68. The Morgan fingerprint density at radius 1 is 1.02 bits per heavy atom. The number of aromatic nitrogens is 6. The van der Waals surface area contributed by atoms with Gasteiger partial charge in [-0.25, -0.2) is 24.1 Å². The number of hydrogen-bond acceptors (Lipinski definition) is 11. The standard InChI is InChI=1S/C42H56FN9O5Si/c1-26-23-50(40(54)56-42(6,7)8)16-17-51(26)34-15-13-29(22-44-34)33-21-31-35(45-24-46-36(31)52(33)25-55-18-19-58(9,10)11)28-12-14-30(32(43)20-28)27(2)47-37(53)38-48-39(49-57-38)41(3,4)5/h12-15,20-22,24,26-27H,16-19,23,25H2,1-11H3,(H,47,53)/t26-,27+/m0/s1. The van der Waals surface area contributed by atoms with Crippen LogP contribution >= 0.6 is 0 Å². The highest BCUT2D eigenvalue weighted by Crippen LogP contribution is 2.35. The number of piperazine rings is 1. The number of halogens is 1. The van der Waals surface area contributed by atoms with Crippen LogP contribution in [0.15, 0.2) is 53.4 Å². The summed E-state index contributed by atoms with van der Waals surface area (Å²) in [6.45, 7) is 24.6. The Morgan fingerprint density at radius 2 is 1.76 bits per heavy atom. The molecule has 1 fully saturated rings. The van der Waals surface area contributed by atoms with Crippen LogP contribution in [-0.4, -0.2) is 92.5 Å². The minimum atomic E-state index is -1.34. The summed E-state index contributed by atoms with van der Waals surface area (Å²) in [5, 5.41) is 7.40. The van der Waals surface area contributed by atoms with E-state index in [-0.39, 0.29) is 24.8 Å². The number of anilines is 1. The van der Waals surface area contributed by atoms with Crippen molar-refractivity contribution in [2.75, 3.05) is 31.1 Å². The molecule has 1 aromatic carbocycles. The Morgan fingerprint density at radius 3 is 2.38 bits per heavy atom. The lowest BCUT2D eigenvalue weighted by Crippen LogP contribution is -2.54. The maximum atomic E-state index is 15.9. The quantitative estimate of drug-likeness (QED) is 0.101. The average molecular weight is 814 g/mol. The molecule has 14 nitrogen and oxygen atoms in total. The Labute approximate surface area is 340 Å². The van der Waals surface area contributed by atoms with Crippen molar-refractivity contribution in [2.24, 2.45) is 0 Å². The van der Waals surface area contributed by atoms with Gasteiger partial charge < -0.3 is 33.7 Å². The van der Waals surface area contributed by atoms with Crippen LogP contribution in [0.2, 0.25) is 25.7 Å². The molecule has 6 rings (SSSR count).